The quantitative estimate of drug-likeness (QED) is 0.722. The van der Waals surface area contributed by atoms with Crippen LogP contribution in [0.3, 0.4) is 0 Å². The van der Waals surface area contributed by atoms with Gasteiger partial charge in [-0.05, 0) is 26.3 Å². The number of ether oxygens (including phenoxy) is 1. The average Bonchev–Trinajstić information content (AvgIpc) is 2.66. The van der Waals surface area contributed by atoms with Gasteiger partial charge in [0.1, 0.15) is 0 Å². The Kier molecular flexibility index (Phi) is 5.58. The van der Waals surface area contributed by atoms with Gasteiger partial charge in [-0.15, -0.1) is 0 Å². The summed E-state index contributed by atoms with van der Waals surface area (Å²) in [6.45, 7) is 10.7. The van der Waals surface area contributed by atoms with Gasteiger partial charge in [-0.25, -0.2) is 0 Å². The van der Waals surface area contributed by atoms with Gasteiger partial charge in [0.05, 0.1) is 6.61 Å². The van der Waals surface area contributed by atoms with E-state index in [0.717, 1.165) is 13.2 Å². The van der Waals surface area contributed by atoms with Crippen molar-refractivity contribution in [2.24, 2.45) is 5.92 Å². The van der Waals surface area contributed by atoms with E-state index in [1.165, 1.54) is 19.5 Å². The van der Waals surface area contributed by atoms with Crippen LogP contribution < -0.4 is 5.32 Å². The number of likely N-dealkylation sites (tertiary alicyclic amines) is 1. The van der Waals surface area contributed by atoms with Crippen LogP contribution in [-0.4, -0.2) is 50.3 Å². The highest BCUT2D eigenvalue weighted by atomic mass is 16.5. The molecule has 0 aliphatic carbocycles. The van der Waals surface area contributed by atoms with Gasteiger partial charge in [-0.3, -0.25) is 4.90 Å². The fourth-order valence-corrected chi connectivity index (χ4v) is 2.28. The van der Waals surface area contributed by atoms with E-state index in [1.54, 1.807) is 0 Å². The predicted octanol–water partition coefficient (Wildman–Crippen LogP) is 1.34. The summed E-state index contributed by atoms with van der Waals surface area (Å²) in [5.41, 5.74) is 0. The van der Waals surface area contributed by atoms with Gasteiger partial charge < -0.3 is 10.1 Å². The Morgan fingerprint density at radius 1 is 1.47 bits per heavy atom. The summed E-state index contributed by atoms with van der Waals surface area (Å²) < 4.78 is 5.58. The van der Waals surface area contributed by atoms with Crippen molar-refractivity contribution in [3.8, 4) is 0 Å². The second-order valence-corrected chi connectivity index (χ2v) is 4.74. The molecule has 90 valence electrons. The molecule has 15 heavy (non-hydrogen) atoms. The lowest BCUT2D eigenvalue weighted by atomic mass is 10.0. The molecule has 2 unspecified atom stereocenters. The lowest BCUT2D eigenvalue weighted by molar-refractivity contribution is 0.0549. The van der Waals surface area contributed by atoms with E-state index in [1.807, 2.05) is 0 Å². The predicted molar refractivity (Wildman–Crippen MR) is 64.2 cm³/mol. The van der Waals surface area contributed by atoms with E-state index < -0.39 is 0 Å². The zero-order valence-corrected chi connectivity index (χ0v) is 10.6. The summed E-state index contributed by atoms with van der Waals surface area (Å²) in [4.78, 5) is 2.57. The summed E-state index contributed by atoms with van der Waals surface area (Å²) in [5, 5.41) is 3.36. The van der Waals surface area contributed by atoms with E-state index in [9.17, 15) is 0 Å². The molecule has 1 saturated heterocycles. The first-order chi connectivity index (χ1) is 7.19. The molecule has 1 N–H and O–H groups in total. The molecule has 2 atom stereocenters. The van der Waals surface area contributed by atoms with Crippen molar-refractivity contribution in [1.82, 2.24) is 10.2 Å². The van der Waals surface area contributed by atoms with Crippen LogP contribution >= 0.6 is 0 Å². The maximum atomic E-state index is 5.58. The van der Waals surface area contributed by atoms with E-state index in [0.29, 0.717) is 18.0 Å². The van der Waals surface area contributed by atoms with E-state index in [-0.39, 0.29) is 0 Å². The van der Waals surface area contributed by atoms with Crippen LogP contribution in [0.4, 0.5) is 0 Å². The minimum Gasteiger partial charge on any atom is -0.380 e. The van der Waals surface area contributed by atoms with Gasteiger partial charge in [-0.2, -0.15) is 0 Å². The van der Waals surface area contributed by atoms with Crippen LogP contribution in [0.1, 0.15) is 27.2 Å². The highest BCUT2D eigenvalue weighted by Crippen LogP contribution is 2.18. The van der Waals surface area contributed by atoms with Gasteiger partial charge in [0.25, 0.3) is 0 Å². The average molecular weight is 214 g/mol. The monoisotopic (exact) mass is 214 g/mol. The first-order valence-corrected chi connectivity index (χ1v) is 6.18. The Balaban J connectivity index is 2.42. The highest BCUT2D eigenvalue weighted by Gasteiger charge is 2.28. The molecule has 0 aromatic carbocycles. The van der Waals surface area contributed by atoms with Crippen molar-refractivity contribution in [2.45, 2.75) is 39.3 Å². The van der Waals surface area contributed by atoms with Crippen molar-refractivity contribution < 1.29 is 4.74 Å². The Morgan fingerprint density at radius 2 is 2.20 bits per heavy atom. The van der Waals surface area contributed by atoms with Crippen molar-refractivity contribution in [3.63, 3.8) is 0 Å². The molecule has 0 aromatic rings. The van der Waals surface area contributed by atoms with Crippen LogP contribution in [0, 0.1) is 5.92 Å². The zero-order chi connectivity index (χ0) is 11.3. The van der Waals surface area contributed by atoms with Crippen molar-refractivity contribution in [1.29, 1.82) is 0 Å². The molecular weight excluding hydrogens is 188 g/mol. The van der Waals surface area contributed by atoms with E-state index in [2.05, 4.69) is 38.0 Å². The number of likely N-dealkylation sites (N-methyl/N-ethyl adjacent to an activating group) is 1. The second kappa shape index (κ2) is 6.46. The molecule has 0 aromatic heterocycles. The molecule has 1 heterocycles. The molecule has 3 heteroatoms. The van der Waals surface area contributed by atoms with Crippen molar-refractivity contribution in [2.75, 3.05) is 33.4 Å². The zero-order valence-electron chi connectivity index (χ0n) is 10.6. The Hall–Kier alpha value is -0.120. The largest absolute Gasteiger partial charge is 0.380 e. The fourth-order valence-electron chi connectivity index (χ4n) is 2.28. The molecule has 1 aliphatic rings. The van der Waals surface area contributed by atoms with E-state index >= 15 is 0 Å². The topological polar surface area (TPSA) is 24.5 Å². The summed E-state index contributed by atoms with van der Waals surface area (Å²) in [6.07, 6.45) is 1.27. The molecule has 0 saturated carbocycles. The minimum absolute atomic E-state index is 0.586. The number of rotatable bonds is 6. The summed E-state index contributed by atoms with van der Waals surface area (Å²) in [7, 11) is 2.06. The van der Waals surface area contributed by atoms with Gasteiger partial charge in [0.15, 0.2) is 0 Å². The lowest BCUT2D eigenvalue weighted by Gasteiger charge is -2.30. The highest BCUT2D eigenvalue weighted by molar-refractivity contribution is 4.85. The van der Waals surface area contributed by atoms with Gasteiger partial charge in [0, 0.05) is 31.8 Å². The van der Waals surface area contributed by atoms with Gasteiger partial charge >= 0.3 is 0 Å². The normalized spacial score (nSPS) is 25.0. The smallest absolute Gasteiger partial charge is 0.0624 e. The van der Waals surface area contributed by atoms with Crippen LogP contribution in [0.15, 0.2) is 0 Å². The molecular formula is C12H26N2O. The molecule has 1 aliphatic heterocycles. The number of hydrogen-bond acceptors (Lipinski definition) is 3. The lowest BCUT2D eigenvalue weighted by Crippen LogP contribution is -2.42. The standard InChI is InChI=1S/C12H26N2O/c1-5-15-9-12(10(2)3)14-7-6-11(8-14)13-4/h10-13H,5-9H2,1-4H3. The summed E-state index contributed by atoms with van der Waals surface area (Å²) in [6, 6.07) is 1.26. The maximum absolute atomic E-state index is 5.58. The van der Waals surface area contributed by atoms with Crippen LogP contribution in [-0.2, 0) is 4.74 Å². The Morgan fingerprint density at radius 3 is 2.67 bits per heavy atom. The first-order valence-electron chi connectivity index (χ1n) is 6.18. The molecule has 0 radical (unpaired) electrons. The molecule has 3 nitrogen and oxygen atoms in total. The number of hydrogen-bond donors (Lipinski definition) is 1. The molecule has 1 rings (SSSR count). The second-order valence-electron chi connectivity index (χ2n) is 4.74. The third-order valence-corrected chi connectivity index (χ3v) is 3.36. The van der Waals surface area contributed by atoms with Crippen LogP contribution in [0.25, 0.3) is 0 Å². The SMILES string of the molecule is CCOCC(C(C)C)N1CCC(NC)C1. The van der Waals surface area contributed by atoms with Gasteiger partial charge in [0.2, 0.25) is 0 Å². The minimum atomic E-state index is 0.586. The van der Waals surface area contributed by atoms with Crippen molar-refractivity contribution >= 4 is 0 Å². The van der Waals surface area contributed by atoms with Crippen LogP contribution in [0.5, 0.6) is 0 Å². The Bertz CT molecular complexity index is 173. The third-order valence-electron chi connectivity index (χ3n) is 3.36. The molecule has 0 bridgehead atoms. The molecule has 1 fully saturated rings. The summed E-state index contributed by atoms with van der Waals surface area (Å²) in [5.74, 6) is 0.673. The number of nitrogens with one attached hydrogen (secondary N) is 1. The van der Waals surface area contributed by atoms with Crippen molar-refractivity contribution in [3.05, 3.63) is 0 Å². The Labute approximate surface area is 94.2 Å². The summed E-state index contributed by atoms with van der Waals surface area (Å²) >= 11 is 0. The van der Waals surface area contributed by atoms with E-state index in [4.69, 9.17) is 4.74 Å². The van der Waals surface area contributed by atoms with Gasteiger partial charge in [-0.1, -0.05) is 13.8 Å². The fraction of sp³-hybridized carbons (Fsp3) is 1.00. The molecule has 0 spiro atoms. The maximum Gasteiger partial charge on any atom is 0.0624 e. The van der Waals surface area contributed by atoms with Crippen LogP contribution in [0.2, 0.25) is 0 Å². The number of nitrogens with zero attached hydrogens (tertiary/aromatic N) is 1. The first kappa shape index (κ1) is 12.9. The third kappa shape index (κ3) is 3.74. The molecule has 0 amide bonds.